The van der Waals surface area contributed by atoms with Gasteiger partial charge in [0.25, 0.3) is 0 Å². The number of aromatic nitrogens is 2. The maximum atomic E-state index is 12.5. The minimum absolute atomic E-state index is 0.127. The van der Waals surface area contributed by atoms with Crippen LogP contribution in [0.15, 0.2) is 24.5 Å². The van der Waals surface area contributed by atoms with Gasteiger partial charge in [-0.15, -0.1) is 0 Å². The Bertz CT molecular complexity index is 850. The highest BCUT2D eigenvalue weighted by Crippen LogP contribution is 2.28. The third-order valence-corrected chi connectivity index (χ3v) is 4.26. The first kappa shape index (κ1) is 15.3. The van der Waals surface area contributed by atoms with Crippen LogP contribution in [0.3, 0.4) is 0 Å². The highest BCUT2D eigenvalue weighted by Gasteiger charge is 2.33. The number of rotatable bonds is 2. The van der Waals surface area contributed by atoms with Crippen molar-refractivity contribution in [1.29, 1.82) is 5.26 Å². The van der Waals surface area contributed by atoms with Crippen molar-refractivity contribution in [3.63, 3.8) is 0 Å². The topological polar surface area (TPSA) is 87.8 Å². The Labute approximate surface area is 137 Å². The highest BCUT2D eigenvalue weighted by atomic mass is 35.5. The lowest BCUT2D eigenvalue weighted by molar-refractivity contribution is -0.124. The number of halogens is 1. The first-order valence-corrected chi connectivity index (χ1v) is 7.44. The Balaban J connectivity index is 2.01. The average molecular weight is 329 g/mol. The van der Waals surface area contributed by atoms with Crippen LogP contribution in [0, 0.1) is 17.2 Å². The molecular formula is C16H13ClN4O2. The molecular weight excluding hydrogens is 316 g/mol. The van der Waals surface area contributed by atoms with Gasteiger partial charge in [-0.1, -0.05) is 11.6 Å². The summed E-state index contributed by atoms with van der Waals surface area (Å²) in [6, 6.07) is 6.94. The Morgan fingerprint density at radius 3 is 2.91 bits per heavy atom. The van der Waals surface area contributed by atoms with Gasteiger partial charge in [-0.05, 0) is 18.2 Å². The van der Waals surface area contributed by atoms with Gasteiger partial charge in [-0.2, -0.15) is 5.26 Å². The second-order valence-corrected chi connectivity index (χ2v) is 5.74. The first-order chi connectivity index (χ1) is 11.0. The van der Waals surface area contributed by atoms with Crippen LogP contribution in [0.2, 0.25) is 5.02 Å². The largest absolute Gasteiger partial charge is 0.359 e. The van der Waals surface area contributed by atoms with Crippen LogP contribution in [-0.2, 0) is 11.2 Å². The Hall–Kier alpha value is -2.65. The summed E-state index contributed by atoms with van der Waals surface area (Å²) in [5.74, 6) is -0.661. The summed E-state index contributed by atoms with van der Waals surface area (Å²) < 4.78 is 1.66. The molecule has 3 rings (SSSR count). The predicted molar refractivity (Wildman–Crippen MR) is 83.5 cm³/mol. The maximum Gasteiger partial charge on any atom is 0.223 e. The lowest BCUT2D eigenvalue weighted by atomic mass is 9.88. The molecule has 0 bridgehead atoms. The summed E-state index contributed by atoms with van der Waals surface area (Å²) in [5, 5.41) is 11.8. The van der Waals surface area contributed by atoms with Crippen LogP contribution in [0.4, 0.5) is 0 Å². The van der Waals surface area contributed by atoms with Crippen LogP contribution in [0.25, 0.3) is 5.69 Å². The molecule has 0 saturated carbocycles. The molecule has 0 saturated heterocycles. The third-order valence-electron chi connectivity index (χ3n) is 3.95. The molecule has 1 aliphatic carbocycles. The quantitative estimate of drug-likeness (QED) is 0.911. The van der Waals surface area contributed by atoms with Crippen molar-refractivity contribution in [3.8, 4) is 11.8 Å². The molecule has 1 N–H and O–H groups in total. The summed E-state index contributed by atoms with van der Waals surface area (Å²) in [6.07, 6.45) is 2.13. The number of ketones is 1. The minimum Gasteiger partial charge on any atom is -0.359 e. The predicted octanol–water partition coefficient (Wildman–Crippen LogP) is 1.89. The summed E-state index contributed by atoms with van der Waals surface area (Å²) in [6.45, 7) is 0. The molecule has 0 spiro atoms. The van der Waals surface area contributed by atoms with Crippen LogP contribution in [0.5, 0.6) is 0 Å². The van der Waals surface area contributed by atoms with Crippen LogP contribution in [0.1, 0.15) is 28.2 Å². The van der Waals surface area contributed by atoms with Crippen molar-refractivity contribution < 1.29 is 9.59 Å². The molecule has 2 aromatic rings. The van der Waals surface area contributed by atoms with Crippen LogP contribution < -0.4 is 5.32 Å². The normalized spacial score (nSPS) is 16.6. The summed E-state index contributed by atoms with van der Waals surface area (Å²) in [5.41, 5.74) is 2.12. The molecule has 1 aromatic carbocycles. The second-order valence-electron chi connectivity index (χ2n) is 5.33. The van der Waals surface area contributed by atoms with Crippen molar-refractivity contribution in [1.82, 2.24) is 14.9 Å². The van der Waals surface area contributed by atoms with Crippen LogP contribution in [-0.4, -0.2) is 28.3 Å². The number of imidazole rings is 1. The van der Waals surface area contributed by atoms with Gasteiger partial charge >= 0.3 is 0 Å². The molecule has 0 fully saturated rings. The van der Waals surface area contributed by atoms with E-state index < -0.39 is 0 Å². The van der Waals surface area contributed by atoms with Crippen LogP contribution >= 0.6 is 11.6 Å². The fraction of sp³-hybridized carbons (Fsp3) is 0.250. The zero-order valence-electron chi connectivity index (χ0n) is 12.3. The van der Waals surface area contributed by atoms with Gasteiger partial charge in [0.1, 0.15) is 18.1 Å². The molecule has 1 amide bonds. The number of nitrogens with one attached hydrogen (secondary N) is 1. The monoisotopic (exact) mass is 328 g/mol. The van der Waals surface area contributed by atoms with E-state index in [9.17, 15) is 9.59 Å². The molecule has 1 unspecified atom stereocenters. The van der Waals surface area contributed by atoms with E-state index in [0.29, 0.717) is 34.1 Å². The van der Waals surface area contributed by atoms with Gasteiger partial charge in [-0.3, -0.25) is 14.2 Å². The van der Waals surface area contributed by atoms with E-state index >= 15 is 0 Å². The number of amides is 1. The molecule has 0 radical (unpaired) electrons. The zero-order valence-corrected chi connectivity index (χ0v) is 13.1. The first-order valence-electron chi connectivity index (χ1n) is 7.06. The molecule has 7 heteroatoms. The number of nitrogens with zero attached hydrogens (tertiary/aromatic N) is 3. The van der Waals surface area contributed by atoms with Gasteiger partial charge in [0.15, 0.2) is 5.78 Å². The number of Topliss-reactive ketones (excluding diaryl/α,β-unsaturated/α-hetero) is 1. The van der Waals surface area contributed by atoms with E-state index in [-0.39, 0.29) is 24.0 Å². The van der Waals surface area contributed by atoms with Crippen molar-refractivity contribution in [2.24, 2.45) is 5.92 Å². The van der Waals surface area contributed by atoms with E-state index in [1.165, 1.54) is 0 Å². The number of carbonyl (C=O) groups is 2. The number of nitriles is 1. The Morgan fingerprint density at radius 1 is 1.48 bits per heavy atom. The van der Waals surface area contributed by atoms with E-state index in [1.54, 1.807) is 36.1 Å². The van der Waals surface area contributed by atoms with Gasteiger partial charge in [0.2, 0.25) is 5.91 Å². The molecule has 116 valence electrons. The molecule has 23 heavy (non-hydrogen) atoms. The van der Waals surface area contributed by atoms with E-state index in [1.807, 2.05) is 6.07 Å². The van der Waals surface area contributed by atoms with Gasteiger partial charge < -0.3 is 5.32 Å². The summed E-state index contributed by atoms with van der Waals surface area (Å²) in [4.78, 5) is 28.5. The third kappa shape index (κ3) is 2.60. The fourth-order valence-electron chi connectivity index (χ4n) is 2.79. The molecule has 0 aliphatic heterocycles. The van der Waals surface area contributed by atoms with Gasteiger partial charge in [0.05, 0.1) is 22.2 Å². The Kier molecular flexibility index (Phi) is 3.89. The fourth-order valence-corrected chi connectivity index (χ4v) is 3.00. The summed E-state index contributed by atoms with van der Waals surface area (Å²) >= 11 is 6.06. The number of carbonyl (C=O) groups excluding carboxylic acids is 2. The van der Waals surface area contributed by atoms with E-state index in [2.05, 4.69) is 10.3 Å². The standard InChI is InChI=1S/C16H13ClN4O2/c1-19-16(23)10-4-13-15(14(22)5-10)21(8-20-13)11-3-2-9(7-18)12(17)6-11/h2-3,6,8,10H,4-5H2,1H3,(H,19,23). The Morgan fingerprint density at radius 2 is 2.26 bits per heavy atom. The maximum absolute atomic E-state index is 12.5. The SMILES string of the molecule is CNC(=O)C1CC(=O)c2c(ncn2-c2ccc(C#N)c(Cl)c2)C1. The molecule has 1 heterocycles. The zero-order chi connectivity index (χ0) is 16.6. The lowest BCUT2D eigenvalue weighted by Gasteiger charge is -2.20. The summed E-state index contributed by atoms with van der Waals surface area (Å²) in [7, 11) is 1.56. The molecule has 1 aromatic heterocycles. The van der Waals surface area contributed by atoms with Gasteiger partial charge in [-0.25, -0.2) is 4.98 Å². The molecule has 1 atom stereocenters. The minimum atomic E-state index is -0.382. The number of benzene rings is 1. The number of hydrogen-bond acceptors (Lipinski definition) is 4. The number of fused-ring (bicyclic) bond motifs is 1. The molecule has 1 aliphatic rings. The van der Waals surface area contributed by atoms with Crippen molar-refractivity contribution in [2.45, 2.75) is 12.8 Å². The van der Waals surface area contributed by atoms with Crippen molar-refractivity contribution in [2.75, 3.05) is 7.05 Å². The van der Waals surface area contributed by atoms with Gasteiger partial charge in [0, 0.05) is 25.6 Å². The second kappa shape index (κ2) is 5.86. The van der Waals surface area contributed by atoms with E-state index in [4.69, 9.17) is 16.9 Å². The lowest BCUT2D eigenvalue weighted by Crippen LogP contribution is -2.34. The highest BCUT2D eigenvalue weighted by molar-refractivity contribution is 6.31. The van der Waals surface area contributed by atoms with Crippen molar-refractivity contribution >= 4 is 23.3 Å². The number of hydrogen-bond donors (Lipinski definition) is 1. The van der Waals surface area contributed by atoms with Crippen molar-refractivity contribution in [3.05, 3.63) is 46.5 Å². The average Bonchev–Trinajstić information content (AvgIpc) is 2.98. The smallest absolute Gasteiger partial charge is 0.223 e. The molecule has 6 nitrogen and oxygen atoms in total. The van der Waals surface area contributed by atoms with E-state index in [0.717, 1.165) is 0 Å².